The van der Waals surface area contributed by atoms with Crippen molar-refractivity contribution in [3.8, 4) is 5.88 Å². The first-order valence-electron chi connectivity index (χ1n) is 6.84. The van der Waals surface area contributed by atoms with Gasteiger partial charge in [-0.15, -0.1) is 0 Å². The third kappa shape index (κ3) is 3.06. The molecule has 0 saturated carbocycles. The molecule has 9 nitrogen and oxygen atoms in total. The molecule has 0 radical (unpaired) electrons. The van der Waals surface area contributed by atoms with Crippen LogP contribution in [0.25, 0.3) is 0 Å². The lowest BCUT2D eigenvalue weighted by molar-refractivity contribution is -0.385. The number of ether oxygens (including phenoxy) is 1. The normalized spacial score (nSPS) is 12.8. The summed E-state index contributed by atoms with van der Waals surface area (Å²) in [6, 6.07) is 6.17. The molecular formula is C14H11ClN4O5. The second-order valence-corrected chi connectivity index (χ2v) is 5.37. The summed E-state index contributed by atoms with van der Waals surface area (Å²) in [5.41, 5.74) is 1.29. The molecule has 10 heteroatoms. The van der Waals surface area contributed by atoms with Crippen LogP contribution in [0.5, 0.6) is 5.88 Å². The van der Waals surface area contributed by atoms with Gasteiger partial charge in [-0.3, -0.25) is 15.0 Å². The van der Waals surface area contributed by atoms with Crippen LogP contribution in [-0.4, -0.2) is 31.0 Å². The fraction of sp³-hybridized carbons (Fsp3) is 0.214. The van der Waals surface area contributed by atoms with E-state index in [1.165, 1.54) is 6.07 Å². The molecule has 0 saturated heterocycles. The highest BCUT2D eigenvalue weighted by molar-refractivity contribution is 6.28. The standard InChI is InChI=1S/C14H11ClN4O5/c15-13-16-10-6-18(14(20)21)5-9(10)12(17-13)24-7-8-3-1-2-4-11(8)19(22)23/h1-4H,5-7H2,(H,20,21). The molecule has 1 aliphatic heterocycles. The van der Waals surface area contributed by atoms with Crippen LogP contribution in [0, 0.1) is 10.1 Å². The van der Waals surface area contributed by atoms with Gasteiger partial charge < -0.3 is 9.84 Å². The van der Waals surface area contributed by atoms with Gasteiger partial charge in [0.2, 0.25) is 11.2 Å². The van der Waals surface area contributed by atoms with Crippen molar-refractivity contribution in [2.45, 2.75) is 19.7 Å². The lowest BCUT2D eigenvalue weighted by Crippen LogP contribution is -2.22. The third-order valence-electron chi connectivity index (χ3n) is 3.54. The van der Waals surface area contributed by atoms with Crippen LogP contribution >= 0.6 is 11.6 Å². The highest BCUT2D eigenvalue weighted by atomic mass is 35.5. The Kier molecular flexibility index (Phi) is 4.17. The van der Waals surface area contributed by atoms with E-state index in [9.17, 15) is 14.9 Å². The van der Waals surface area contributed by atoms with Gasteiger partial charge in [0.1, 0.15) is 6.61 Å². The second kappa shape index (κ2) is 6.28. The third-order valence-corrected chi connectivity index (χ3v) is 3.71. The maximum Gasteiger partial charge on any atom is 0.407 e. The van der Waals surface area contributed by atoms with Crippen molar-refractivity contribution in [1.29, 1.82) is 0 Å². The van der Waals surface area contributed by atoms with E-state index in [4.69, 9.17) is 21.4 Å². The van der Waals surface area contributed by atoms with Crippen LogP contribution in [0.1, 0.15) is 16.8 Å². The highest BCUT2D eigenvalue weighted by Crippen LogP contribution is 2.30. The van der Waals surface area contributed by atoms with E-state index in [2.05, 4.69) is 9.97 Å². The summed E-state index contributed by atoms with van der Waals surface area (Å²) in [5.74, 6) is 0.131. The number of hydrogen-bond acceptors (Lipinski definition) is 6. The maximum absolute atomic E-state index is 11.1. The minimum atomic E-state index is -1.09. The van der Waals surface area contributed by atoms with E-state index in [0.29, 0.717) is 16.8 Å². The number of nitro benzene ring substituents is 1. The van der Waals surface area contributed by atoms with Gasteiger partial charge >= 0.3 is 6.09 Å². The summed E-state index contributed by atoms with van der Waals surface area (Å²) in [7, 11) is 0. The van der Waals surface area contributed by atoms with Crippen molar-refractivity contribution in [3.05, 3.63) is 56.5 Å². The summed E-state index contributed by atoms with van der Waals surface area (Å²) in [5, 5.41) is 20.0. The number of para-hydroxylation sites is 1. The molecular weight excluding hydrogens is 340 g/mol. The highest BCUT2D eigenvalue weighted by Gasteiger charge is 2.29. The van der Waals surface area contributed by atoms with Crippen LogP contribution in [0.2, 0.25) is 5.28 Å². The summed E-state index contributed by atoms with van der Waals surface area (Å²) in [6.45, 7) is 0.0762. The molecule has 1 aliphatic rings. The first-order valence-corrected chi connectivity index (χ1v) is 7.21. The zero-order chi connectivity index (χ0) is 17.3. The van der Waals surface area contributed by atoms with Gasteiger partial charge in [-0.05, 0) is 17.7 Å². The zero-order valence-corrected chi connectivity index (χ0v) is 12.9. The molecule has 1 aromatic carbocycles. The molecule has 1 aromatic heterocycles. The smallest absolute Gasteiger partial charge is 0.407 e. The summed E-state index contributed by atoms with van der Waals surface area (Å²) >= 11 is 5.84. The van der Waals surface area contributed by atoms with Gasteiger partial charge in [0.15, 0.2) is 0 Å². The lowest BCUT2D eigenvalue weighted by Gasteiger charge is -2.10. The monoisotopic (exact) mass is 350 g/mol. The van der Waals surface area contributed by atoms with Crippen LogP contribution in [-0.2, 0) is 19.7 Å². The second-order valence-electron chi connectivity index (χ2n) is 5.04. The number of carboxylic acid groups (broad SMARTS) is 1. The van der Waals surface area contributed by atoms with Gasteiger partial charge in [0.05, 0.1) is 34.8 Å². The number of aromatic nitrogens is 2. The summed E-state index contributed by atoms with van der Waals surface area (Å²) in [4.78, 5) is 30.7. The largest absolute Gasteiger partial charge is 0.472 e. The first kappa shape index (κ1) is 15.9. The van der Waals surface area contributed by atoms with Gasteiger partial charge in [-0.25, -0.2) is 9.78 Å². The van der Waals surface area contributed by atoms with Gasteiger partial charge in [0, 0.05) is 6.07 Å². The van der Waals surface area contributed by atoms with Crippen LogP contribution in [0.4, 0.5) is 10.5 Å². The van der Waals surface area contributed by atoms with E-state index in [0.717, 1.165) is 4.90 Å². The van der Waals surface area contributed by atoms with Gasteiger partial charge in [0.25, 0.3) is 5.69 Å². The van der Waals surface area contributed by atoms with E-state index in [1.807, 2.05) is 0 Å². The molecule has 0 fully saturated rings. The van der Waals surface area contributed by atoms with Crippen molar-refractivity contribution < 1.29 is 19.6 Å². The molecule has 0 spiro atoms. The number of nitro groups is 1. The Bertz CT molecular complexity index is 829. The molecule has 3 rings (SSSR count). The fourth-order valence-corrected chi connectivity index (χ4v) is 2.59. The molecule has 0 unspecified atom stereocenters. The van der Waals surface area contributed by atoms with E-state index in [-0.39, 0.29) is 36.5 Å². The van der Waals surface area contributed by atoms with Crippen molar-refractivity contribution >= 4 is 23.4 Å². The number of fused-ring (bicyclic) bond motifs is 1. The average molecular weight is 351 g/mol. The van der Waals surface area contributed by atoms with Crippen LogP contribution < -0.4 is 4.74 Å². The van der Waals surface area contributed by atoms with Crippen LogP contribution in [0.3, 0.4) is 0 Å². The van der Waals surface area contributed by atoms with Crippen molar-refractivity contribution in [3.63, 3.8) is 0 Å². The quantitative estimate of drug-likeness (QED) is 0.511. The van der Waals surface area contributed by atoms with Gasteiger partial charge in [-0.1, -0.05) is 12.1 Å². The Balaban J connectivity index is 1.85. The Labute approximate surface area is 140 Å². The molecule has 0 bridgehead atoms. The van der Waals surface area contributed by atoms with Gasteiger partial charge in [-0.2, -0.15) is 4.98 Å². The van der Waals surface area contributed by atoms with E-state index < -0.39 is 11.0 Å². The number of hydrogen-bond donors (Lipinski definition) is 1. The fourth-order valence-electron chi connectivity index (χ4n) is 2.41. The van der Waals surface area contributed by atoms with Crippen LogP contribution in [0.15, 0.2) is 24.3 Å². The SMILES string of the molecule is O=C(O)N1Cc2nc(Cl)nc(OCc3ccccc3[N+](=O)[O-])c2C1. The van der Waals surface area contributed by atoms with E-state index >= 15 is 0 Å². The molecule has 0 atom stereocenters. The number of rotatable bonds is 4. The molecule has 124 valence electrons. The number of nitrogens with zero attached hydrogens (tertiary/aromatic N) is 4. The molecule has 1 N–H and O–H groups in total. The Morgan fingerprint density at radius 1 is 1.38 bits per heavy atom. The predicted octanol–water partition coefficient (Wildman–Crippen LogP) is 2.61. The Hall–Kier alpha value is -2.94. The predicted molar refractivity (Wildman–Crippen MR) is 81.7 cm³/mol. The first-order chi connectivity index (χ1) is 11.5. The molecule has 1 amide bonds. The Morgan fingerprint density at radius 3 is 2.83 bits per heavy atom. The molecule has 2 heterocycles. The molecule has 0 aliphatic carbocycles. The minimum absolute atomic E-state index is 0.0681. The topological polar surface area (TPSA) is 119 Å². The van der Waals surface area contributed by atoms with E-state index in [1.54, 1.807) is 18.2 Å². The summed E-state index contributed by atoms with van der Waals surface area (Å²) in [6.07, 6.45) is -1.09. The molecule has 24 heavy (non-hydrogen) atoms. The molecule has 2 aromatic rings. The minimum Gasteiger partial charge on any atom is -0.472 e. The van der Waals surface area contributed by atoms with Crippen molar-refractivity contribution in [2.75, 3.05) is 0 Å². The maximum atomic E-state index is 11.1. The Morgan fingerprint density at radius 2 is 2.12 bits per heavy atom. The lowest BCUT2D eigenvalue weighted by atomic mass is 10.2. The number of amides is 1. The summed E-state index contributed by atoms with van der Waals surface area (Å²) < 4.78 is 5.58. The average Bonchev–Trinajstić information content (AvgIpc) is 2.97. The zero-order valence-electron chi connectivity index (χ0n) is 12.2. The van der Waals surface area contributed by atoms with Crippen molar-refractivity contribution in [1.82, 2.24) is 14.9 Å². The number of halogens is 1. The number of carbonyl (C=O) groups is 1. The number of benzene rings is 1. The van der Waals surface area contributed by atoms with Crippen molar-refractivity contribution in [2.24, 2.45) is 0 Å².